The molecule has 5 nitrogen and oxygen atoms in total. The van der Waals surface area contributed by atoms with Crippen molar-refractivity contribution in [3.05, 3.63) is 89.1 Å². The molecule has 7 heteroatoms. The Morgan fingerprint density at radius 1 is 1.11 bits per heavy atom. The number of halogens is 2. The molecule has 1 fully saturated rings. The Kier molecular flexibility index (Phi) is 6.68. The molecule has 5 rings (SSSR count). The van der Waals surface area contributed by atoms with Crippen LogP contribution >= 0.6 is 0 Å². The lowest BCUT2D eigenvalue weighted by atomic mass is 9.92. The lowest BCUT2D eigenvalue weighted by Crippen LogP contribution is -2.38. The van der Waals surface area contributed by atoms with Crippen LogP contribution in [0.3, 0.4) is 0 Å². The van der Waals surface area contributed by atoms with Crippen molar-refractivity contribution < 1.29 is 13.6 Å². The van der Waals surface area contributed by atoms with Crippen LogP contribution in [0.1, 0.15) is 34.3 Å². The van der Waals surface area contributed by atoms with Crippen LogP contribution in [0.4, 0.5) is 8.78 Å². The molecule has 0 bridgehead atoms. The lowest BCUT2D eigenvalue weighted by molar-refractivity contribution is 0.0786. The molecule has 1 aromatic heterocycles. The average molecular weight is 497 g/mol. The topological polar surface area (TPSA) is 69.0 Å². The van der Waals surface area contributed by atoms with Gasteiger partial charge in [-0.1, -0.05) is 18.2 Å². The van der Waals surface area contributed by atoms with E-state index in [1.165, 1.54) is 18.3 Å². The van der Waals surface area contributed by atoms with Gasteiger partial charge in [0.25, 0.3) is 5.91 Å². The smallest absolute Gasteiger partial charge is 0.255 e. The Morgan fingerprint density at radius 2 is 1.89 bits per heavy atom. The van der Waals surface area contributed by atoms with E-state index in [0.717, 1.165) is 42.1 Å². The van der Waals surface area contributed by atoms with Gasteiger partial charge in [-0.15, -0.1) is 0 Å². The van der Waals surface area contributed by atoms with Gasteiger partial charge >= 0.3 is 0 Å². The monoisotopic (exact) mass is 496 g/mol. The summed E-state index contributed by atoms with van der Waals surface area (Å²) < 4.78 is 28.4. The number of pyridine rings is 1. The number of nitrogens with one attached hydrogen (secondary N) is 1. The molecule has 1 N–H and O–H groups in total. The number of rotatable bonds is 5. The van der Waals surface area contributed by atoms with E-state index in [9.17, 15) is 18.8 Å². The molecule has 0 spiro atoms. The van der Waals surface area contributed by atoms with Gasteiger partial charge in [0.05, 0.1) is 22.7 Å². The molecule has 1 amide bonds. The number of carbonyl (C=O) groups is 1. The number of carbonyl (C=O) groups excluding carboxylic acids is 1. The molecule has 3 aromatic carbocycles. The molecule has 0 aliphatic carbocycles. The fraction of sp³-hybridized carbons (Fsp3) is 0.233. The molecule has 2 heterocycles. The standard InChI is InChI=1S/C30H26F2N4O/c1-18-20(15-33)5-3-7-25(18)19-8-9-28-26(13-19)29(30(37)36(2)17-24-6-4-10-34-24)27(16-35-28)21-11-22(31)14-23(32)12-21/h3,5,7-9,11-14,16,24,34H,4,6,10,17H2,1-2H3/t24-/m0/s1. The van der Waals surface area contributed by atoms with Crippen LogP contribution in [0.15, 0.2) is 60.8 Å². The number of amides is 1. The first-order valence-electron chi connectivity index (χ1n) is 12.2. The molecule has 1 atom stereocenters. The number of likely N-dealkylation sites (N-methyl/N-ethyl adjacent to an activating group) is 1. The van der Waals surface area contributed by atoms with Crippen molar-refractivity contribution in [2.24, 2.45) is 0 Å². The predicted octanol–water partition coefficient (Wildman–Crippen LogP) is 5.85. The van der Waals surface area contributed by atoms with Crippen LogP contribution in [0.25, 0.3) is 33.2 Å². The molecule has 1 saturated heterocycles. The van der Waals surface area contributed by atoms with Crippen LogP contribution in [0, 0.1) is 29.9 Å². The summed E-state index contributed by atoms with van der Waals surface area (Å²) in [5.41, 5.74) is 4.63. The van der Waals surface area contributed by atoms with Gasteiger partial charge in [0.2, 0.25) is 0 Å². The summed E-state index contributed by atoms with van der Waals surface area (Å²) >= 11 is 0. The fourth-order valence-electron chi connectivity index (χ4n) is 5.11. The maximum absolute atomic E-state index is 14.2. The van der Waals surface area contributed by atoms with Crippen molar-refractivity contribution in [2.75, 3.05) is 20.1 Å². The third-order valence-corrected chi connectivity index (χ3v) is 7.02. The number of nitrogens with zero attached hydrogens (tertiary/aromatic N) is 3. The minimum absolute atomic E-state index is 0.198. The summed E-state index contributed by atoms with van der Waals surface area (Å²) in [6.45, 7) is 3.32. The quantitative estimate of drug-likeness (QED) is 0.376. The molecule has 1 aliphatic rings. The predicted molar refractivity (Wildman–Crippen MR) is 140 cm³/mol. The number of aromatic nitrogens is 1. The van der Waals surface area contributed by atoms with Crippen molar-refractivity contribution in [3.8, 4) is 28.3 Å². The Labute approximate surface area is 214 Å². The van der Waals surface area contributed by atoms with Crippen molar-refractivity contribution in [3.63, 3.8) is 0 Å². The Morgan fingerprint density at radius 3 is 2.59 bits per heavy atom. The maximum atomic E-state index is 14.2. The van der Waals surface area contributed by atoms with Gasteiger partial charge in [-0.3, -0.25) is 9.78 Å². The zero-order valence-electron chi connectivity index (χ0n) is 20.7. The molecule has 4 aromatic rings. The molecule has 1 aliphatic heterocycles. The second-order valence-electron chi connectivity index (χ2n) is 9.51. The largest absolute Gasteiger partial charge is 0.340 e. The number of nitriles is 1. The molecule has 0 radical (unpaired) electrons. The van der Waals surface area contributed by atoms with Gasteiger partial charge in [0.1, 0.15) is 11.6 Å². The van der Waals surface area contributed by atoms with E-state index in [1.54, 1.807) is 18.0 Å². The second kappa shape index (κ2) is 10.1. The van der Waals surface area contributed by atoms with E-state index < -0.39 is 11.6 Å². The number of benzene rings is 3. The van der Waals surface area contributed by atoms with Gasteiger partial charge in [0.15, 0.2) is 0 Å². The first kappa shape index (κ1) is 24.5. The van der Waals surface area contributed by atoms with E-state index >= 15 is 0 Å². The zero-order valence-corrected chi connectivity index (χ0v) is 20.7. The average Bonchev–Trinajstić information content (AvgIpc) is 3.40. The Hall–Kier alpha value is -4.15. The minimum Gasteiger partial charge on any atom is -0.340 e. The molecule has 37 heavy (non-hydrogen) atoms. The Bertz CT molecular complexity index is 1530. The third-order valence-electron chi connectivity index (χ3n) is 7.02. The van der Waals surface area contributed by atoms with E-state index in [1.807, 2.05) is 37.3 Å². The SMILES string of the molecule is Cc1c(C#N)cccc1-c1ccc2ncc(-c3cc(F)cc(F)c3)c(C(=O)N(C)C[C@@H]3CCCN3)c2c1. The van der Waals surface area contributed by atoms with Crippen LogP contribution in [-0.4, -0.2) is 42.0 Å². The van der Waals surface area contributed by atoms with Gasteiger partial charge in [0, 0.05) is 42.8 Å². The van der Waals surface area contributed by atoms with Crippen LogP contribution < -0.4 is 5.32 Å². The summed E-state index contributed by atoms with van der Waals surface area (Å²) in [7, 11) is 1.74. The molecular formula is C30H26F2N4O. The number of hydrogen-bond donors (Lipinski definition) is 1. The Balaban J connectivity index is 1.72. The lowest BCUT2D eigenvalue weighted by Gasteiger charge is -2.24. The third kappa shape index (κ3) is 4.81. The second-order valence-corrected chi connectivity index (χ2v) is 9.51. The summed E-state index contributed by atoms with van der Waals surface area (Å²) in [4.78, 5) is 20.2. The van der Waals surface area contributed by atoms with E-state index in [4.69, 9.17) is 0 Å². The molecular weight excluding hydrogens is 470 g/mol. The minimum atomic E-state index is -0.727. The molecule has 186 valence electrons. The normalized spacial score (nSPS) is 15.1. The number of hydrogen-bond acceptors (Lipinski definition) is 4. The van der Waals surface area contributed by atoms with Gasteiger partial charge in [-0.2, -0.15) is 5.26 Å². The highest BCUT2D eigenvalue weighted by molar-refractivity contribution is 6.12. The zero-order chi connectivity index (χ0) is 26.1. The highest BCUT2D eigenvalue weighted by atomic mass is 19.1. The summed E-state index contributed by atoms with van der Waals surface area (Å²) in [5, 5.41) is 13.5. The fourth-order valence-corrected chi connectivity index (χ4v) is 5.11. The summed E-state index contributed by atoms with van der Waals surface area (Å²) in [6.07, 6.45) is 3.55. The van der Waals surface area contributed by atoms with E-state index in [2.05, 4.69) is 16.4 Å². The van der Waals surface area contributed by atoms with Gasteiger partial charge in [-0.25, -0.2) is 8.78 Å². The molecule has 0 saturated carbocycles. The summed E-state index contributed by atoms with van der Waals surface area (Å²) in [5.74, 6) is -1.70. The van der Waals surface area contributed by atoms with E-state index in [0.29, 0.717) is 34.1 Å². The highest BCUT2D eigenvalue weighted by Crippen LogP contribution is 2.34. The highest BCUT2D eigenvalue weighted by Gasteiger charge is 2.25. The number of fused-ring (bicyclic) bond motifs is 1. The van der Waals surface area contributed by atoms with Crippen molar-refractivity contribution in [2.45, 2.75) is 25.8 Å². The van der Waals surface area contributed by atoms with Gasteiger partial charge < -0.3 is 10.2 Å². The first-order valence-corrected chi connectivity index (χ1v) is 12.2. The van der Waals surface area contributed by atoms with Crippen molar-refractivity contribution >= 4 is 16.8 Å². The van der Waals surface area contributed by atoms with Crippen LogP contribution in [0.2, 0.25) is 0 Å². The van der Waals surface area contributed by atoms with E-state index in [-0.39, 0.29) is 17.5 Å². The molecule has 0 unspecified atom stereocenters. The van der Waals surface area contributed by atoms with Crippen molar-refractivity contribution in [1.82, 2.24) is 15.2 Å². The van der Waals surface area contributed by atoms with Crippen molar-refractivity contribution in [1.29, 1.82) is 5.26 Å². The summed E-state index contributed by atoms with van der Waals surface area (Å²) in [6, 6.07) is 16.8. The first-order chi connectivity index (χ1) is 17.9. The van der Waals surface area contributed by atoms with Gasteiger partial charge in [-0.05, 0) is 78.9 Å². The van der Waals surface area contributed by atoms with Crippen LogP contribution in [-0.2, 0) is 0 Å². The maximum Gasteiger partial charge on any atom is 0.255 e. The van der Waals surface area contributed by atoms with Crippen LogP contribution in [0.5, 0.6) is 0 Å².